The molecule has 0 fully saturated rings. The van der Waals surface area contributed by atoms with Crippen molar-refractivity contribution in [3.63, 3.8) is 0 Å². The van der Waals surface area contributed by atoms with E-state index in [-0.39, 0.29) is 30.3 Å². The van der Waals surface area contributed by atoms with Gasteiger partial charge in [0.15, 0.2) is 0 Å². The van der Waals surface area contributed by atoms with Crippen LogP contribution in [0.15, 0.2) is 30.3 Å². The first-order chi connectivity index (χ1) is 7.52. The Bertz CT molecular complexity index is 341. The number of hydrogen-bond acceptors (Lipinski definition) is 2. The number of hydrogen-bond donors (Lipinski definition) is 2. The minimum Gasteiger partial charge on any atom is -0.348 e. The molecular formula is C13H21ClN2O. The van der Waals surface area contributed by atoms with Crippen LogP contribution >= 0.6 is 12.4 Å². The predicted molar refractivity (Wildman–Crippen MR) is 73.1 cm³/mol. The molecule has 3 N–H and O–H groups in total. The zero-order chi connectivity index (χ0) is 12.1. The average molecular weight is 257 g/mol. The minimum atomic E-state index is -0.439. The lowest BCUT2D eigenvalue weighted by Crippen LogP contribution is -2.44. The van der Waals surface area contributed by atoms with Crippen LogP contribution in [0.4, 0.5) is 0 Å². The summed E-state index contributed by atoms with van der Waals surface area (Å²) in [6.45, 7) is 5.84. The molecule has 17 heavy (non-hydrogen) atoms. The van der Waals surface area contributed by atoms with E-state index in [1.54, 1.807) is 0 Å². The summed E-state index contributed by atoms with van der Waals surface area (Å²) in [5.74, 6) is 0.0642. The quantitative estimate of drug-likeness (QED) is 0.868. The Morgan fingerprint density at radius 2 is 1.71 bits per heavy atom. The van der Waals surface area contributed by atoms with Crippen LogP contribution < -0.4 is 11.1 Å². The van der Waals surface area contributed by atoms with Gasteiger partial charge in [0, 0.05) is 0 Å². The number of carbonyl (C=O) groups is 1. The topological polar surface area (TPSA) is 55.1 Å². The number of halogens is 1. The lowest BCUT2D eigenvalue weighted by atomic mass is 10.0. The van der Waals surface area contributed by atoms with Gasteiger partial charge < -0.3 is 11.1 Å². The van der Waals surface area contributed by atoms with E-state index >= 15 is 0 Å². The molecule has 0 saturated heterocycles. The molecular weight excluding hydrogens is 236 g/mol. The third-order valence-electron chi connectivity index (χ3n) is 2.68. The van der Waals surface area contributed by atoms with Crippen molar-refractivity contribution in [2.75, 3.05) is 0 Å². The second kappa shape index (κ2) is 7.30. The van der Waals surface area contributed by atoms with Gasteiger partial charge in [-0.1, -0.05) is 44.2 Å². The Morgan fingerprint density at radius 3 is 2.18 bits per heavy atom. The van der Waals surface area contributed by atoms with E-state index in [2.05, 4.69) is 5.32 Å². The van der Waals surface area contributed by atoms with E-state index in [0.29, 0.717) is 0 Å². The number of carbonyl (C=O) groups excluding carboxylic acids is 1. The summed E-state index contributed by atoms with van der Waals surface area (Å²) < 4.78 is 0. The molecule has 0 aliphatic rings. The maximum Gasteiger partial charge on any atom is 0.237 e. The van der Waals surface area contributed by atoms with Crippen LogP contribution in [0, 0.1) is 5.92 Å². The molecule has 0 aliphatic carbocycles. The summed E-state index contributed by atoms with van der Waals surface area (Å²) in [5, 5.41) is 2.91. The fourth-order valence-corrected chi connectivity index (χ4v) is 1.44. The third kappa shape index (κ3) is 4.75. The highest BCUT2D eigenvalue weighted by atomic mass is 35.5. The molecule has 0 aliphatic heterocycles. The highest BCUT2D eigenvalue weighted by Gasteiger charge is 2.19. The molecule has 0 aromatic heterocycles. The maximum absolute atomic E-state index is 11.7. The van der Waals surface area contributed by atoms with E-state index < -0.39 is 6.04 Å². The van der Waals surface area contributed by atoms with Gasteiger partial charge in [0.1, 0.15) is 0 Å². The largest absolute Gasteiger partial charge is 0.348 e. The first kappa shape index (κ1) is 15.9. The van der Waals surface area contributed by atoms with Crippen LogP contribution in [0.5, 0.6) is 0 Å². The molecule has 0 spiro atoms. The smallest absolute Gasteiger partial charge is 0.237 e. The zero-order valence-corrected chi connectivity index (χ0v) is 11.3. The van der Waals surface area contributed by atoms with Crippen molar-refractivity contribution < 1.29 is 4.79 Å². The van der Waals surface area contributed by atoms with Crippen molar-refractivity contribution in [3.8, 4) is 0 Å². The number of amides is 1. The van der Waals surface area contributed by atoms with Crippen molar-refractivity contribution in [2.24, 2.45) is 11.7 Å². The Hall–Kier alpha value is -1.06. The van der Waals surface area contributed by atoms with Crippen LogP contribution in [0.25, 0.3) is 0 Å². The second-order valence-corrected chi connectivity index (χ2v) is 4.41. The molecule has 0 bridgehead atoms. The summed E-state index contributed by atoms with van der Waals surface area (Å²) in [6, 6.07) is 9.42. The molecule has 1 unspecified atom stereocenters. The van der Waals surface area contributed by atoms with Crippen molar-refractivity contribution in [1.82, 2.24) is 5.32 Å². The number of rotatable bonds is 4. The predicted octanol–water partition coefficient (Wildman–Crippen LogP) is 2.27. The minimum absolute atomic E-state index is 0. The van der Waals surface area contributed by atoms with Crippen LogP contribution in [-0.2, 0) is 4.79 Å². The van der Waals surface area contributed by atoms with E-state index in [1.165, 1.54) is 0 Å². The van der Waals surface area contributed by atoms with Gasteiger partial charge in [-0.2, -0.15) is 0 Å². The highest BCUT2D eigenvalue weighted by molar-refractivity contribution is 5.85. The standard InChI is InChI=1S/C13H20N2O.ClH/c1-9(2)12(14)13(16)15-10(3)11-7-5-4-6-8-11;/h4-10,12H,14H2,1-3H3,(H,15,16);1H/t10-,12?;/m1./s1. The summed E-state index contributed by atoms with van der Waals surface area (Å²) in [4.78, 5) is 11.7. The summed E-state index contributed by atoms with van der Waals surface area (Å²) in [7, 11) is 0. The van der Waals surface area contributed by atoms with E-state index in [0.717, 1.165) is 5.56 Å². The van der Waals surface area contributed by atoms with Crippen molar-refractivity contribution in [3.05, 3.63) is 35.9 Å². The molecule has 2 atom stereocenters. The van der Waals surface area contributed by atoms with E-state index in [4.69, 9.17) is 5.73 Å². The molecule has 0 heterocycles. The zero-order valence-electron chi connectivity index (χ0n) is 10.5. The third-order valence-corrected chi connectivity index (χ3v) is 2.68. The Balaban J connectivity index is 0.00000256. The summed E-state index contributed by atoms with van der Waals surface area (Å²) in [6.07, 6.45) is 0. The van der Waals surface area contributed by atoms with Crippen molar-refractivity contribution in [1.29, 1.82) is 0 Å². The normalized spacial score (nSPS) is 13.7. The molecule has 1 aromatic rings. The Kier molecular flexibility index (Phi) is 6.85. The van der Waals surface area contributed by atoms with Gasteiger partial charge in [0.05, 0.1) is 12.1 Å². The van der Waals surface area contributed by atoms with E-state index in [1.807, 2.05) is 51.1 Å². The number of benzene rings is 1. The number of nitrogens with two attached hydrogens (primary N) is 1. The van der Waals surface area contributed by atoms with Crippen molar-refractivity contribution >= 4 is 18.3 Å². The fourth-order valence-electron chi connectivity index (χ4n) is 1.44. The molecule has 4 heteroatoms. The van der Waals surface area contributed by atoms with Gasteiger partial charge in [-0.25, -0.2) is 0 Å². The molecule has 1 amide bonds. The lowest BCUT2D eigenvalue weighted by Gasteiger charge is -2.19. The Labute approximate surface area is 109 Å². The summed E-state index contributed by atoms with van der Waals surface area (Å²) >= 11 is 0. The first-order valence-corrected chi connectivity index (χ1v) is 5.63. The van der Waals surface area contributed by atoms with Crippen LogP contribution in [-0.4, -0.2) is 11.9 Å². The van der Waals surface area contributed by atoms with Gasteiger partial charge in [-0.15, -0.1) is 12.4 Å². The SMILES string of the molecule is CC(C)C(N)C(=O)N[C@H](C)c1ccccc1.Cl. The maximum atomic E-state index is 11.7. The molecule has 0 saturated carbocycles. The van der Waals surface area contributed by atoms with Gasteiger partial charge in [-0.05, 0) is 18.4 Å². The Morgan fingerprint density at radius 1 is 1.18 bits per heavy atom. The van der Waals surface area contributed by atoms with Gasteiger partial charge in [-0.3, -0.25) is 4.79 Å². The summed E-state index contributed by atoms with van der Waals surface area (Å²) in [5.41, 5.74) is 6.86. The monoisotopic (exact) mass is 256 g/mol. The number of nitrogens with one attached hydrogen (secondary N) is 1. The molecule has 3 nitrogen and oxygen atoms in total. The van der Waals surface area contributed by atoms with Crippen LogP contribution in [0.2, 0.25) is 0 Å². The lowest BCUT2D eigenvalue weighted by molar-refractivity contribution is -0.123. The molecule has 96 valence electrons. The van der Waals surface area contributed by atoms with Gasteiger partial charge >= 0.3 is 0 Å². The van der Waals surface area contributed by atoms with Gasteiger partial charge in [0.25, 0.3) is 0 Å². The second-order valence-electron chi connectivity index (χ2n) is 4.41. The van der Waals surface area contributed by atoms with Gasteiger partial charge in [0.2, 0.25) is 5.91 Å². The van der Waals surface area contributed by atoms with Crippen LogP contribution in [0.1, 0.15) is 32.4 Å². The first-order valence-electron chi connectivity index (χ1n) is 5.63. The van der Waals surface area contributed by atoms with Crippen molar-refractivity contribution in [2.45, 2.75) is 32.9 Å². The fraction of sp³-hybridized carbons (Fsp3) is 0.462. The van der Waals surface area contributed by atoms with E-state index in [9.17, 15) is 4.79 Å². The molecule has 1 rings (SSSR count). The van der Waals surface area contributed by atoms with Crippen LogP contribution in [0.3, 0.4) is 0 Å². The molecule has 1 aromatic carbocycles. The highest BCUT2D eigenvalue weighted by Crippen LogP contribution is 2.11. The molecule has 0 radical (unpaired) electrons. The average Bonchev–Trinajstić information content (AvgIpc) is 2.28.